The number of hydrogen-bond acceptors (Lipinski definition) is 5. The summed E-state index contributed by atoms with van der Waals surface area (Å²) >= 11 is 1.36. The van der Waals surface area contributed by atoms with Crippen LogP contribution in [0.25, 0.3) is 10.2 Å². The van der Waals surface area contributed by atoms with Crippen molar-refractivity contribution in [3.05, 3.63) is 18.2 Å². The van der Waals surface area contributed by atoms with Crippen LogP contribution in [0.15, 0.2) is 18.2 Å². The summed E-state index contributed by atoms with van der Waals surface area (Å²) < 4.78 is 26.4. The molecule has 0 radical (unpaired) electrons. The fourth-order valence-corrected chi connectivity index (χ4v) is 3.03. The first-order valence-electron chi connectivity index (χ1n) is 6.52. The molecule has 6 nitrogen and oxygen atoms in total. The number of sulfonamides is 1. The van der Waals surface area contributed by atoms with Gasteiger partial charge in [-0.05, 0) is 25.1 Å². The Morgan fingerprint density at radius 2 is 2.10 bits per heavy atom. The summed E-state index contributed by atoms with van der Waals surface area (Å²) in [6.07, 6.45) is 0. The second kappa shape index (κ2) is 5.98. The van der Waals surface area contributed by atoms with Crippen molar-refractivity contribution in [2.45, 2.75) is 20.8 Å². The molecule has 21 heavy (non-hydrogen) atoms. The number of amides is 1. The van der Waals surface area contributed by atoms with Gasteiger partial charge in [0, 0.05) is 5.92 Å². The van der Waals surface area contributed by atoms with Gasteiger partial charge in [0.1, 0.15) is 0 Å². The fraction of sp³-hybridized carbons (Fsp3) is 0.385. The van der Waals surface area contributed by atoms with Gasteiger partial charge in [-0.3, -0.25) is 9.52 Å². The van der Waals surface area contributed by atoms with E-state index in [0.717, 1.165) is 4.70 Å². The summed E-state index contributed by atoms with van der Waals surface area (Å²) in [7, 11) is -3.31. The first-order valence-corrected chi connectivity index (χ1v) is 8.99. The molecule has 0 aliphatic carbocycles. The van der Waals surface area contributed by atoms with Gasteiger partial charge < -0.3 is 5.32 Å². The van der Waals surface area contributed by atoms with Crippen LogP contribution in [0.1, 0.15) is 20.8 Å². The highest BCUT2D eigenvalue weighted by Gasteiger charge is 2.12. The van der Waals surface area contributed by atoms with Gasteiger partial charge in [-0.1, -0.05) is 25.2 Å². The highest BCUT2D eigenvalue weighted by atomic mass is 32.2. The molecule has 0 unspecified atom stereocenters. The van der Waals surface area contributed by atoms with Crippen LogP contribution in [0.3, 0.4) is 0 Å². The van der Waals surface area contributed by atoms with E-state index in [1.54, 1.807) is 39.0 Å². The van der Waals surface area contributed by atoms with Crippen molar-refractivity contribution in [1.82, 2.24) is 4.98 Å². The molecule has 0 saturated carbocycles. The van der Waals surface area contributed by atoms with E-state index in [1.807, 2.05) is 0 Å². The maximum absolute atomic E-state index is 11.6. The lowest BCUT2D eigenvalue weighted by atomic mass is 10.2. The maximum atomic E-state index is 11.6. The molecule has 8 heteroatoms. The van der Waals surface area contributed by atoms with E-state index in [9.17, 15) is 13.2 Å². The number of thiazole rings is 1. The first-order chi connectivity index (χ1) is 9.80. The summed E-state index contributed by atoms with van der Waals surface area (Å²) in [6, 6.07) is 5.12. The molecule has 1 amide bonds. The number of aromatic nitrogens is 1. The van der Waals surface area contributed by atoms with Crippen LogP contribution in [0, 0.1) is 5.92 Å². The molecular weight excluding hydrogens is 310 g/mol. The Hall–Kier alpha value is -1.67. The van der Waals surface area contributed by atoms with Crippen LogP contribution < -0.4 is 10.0 Å². The normalized spacial score (nSPS) is 11.8. The minimum atomic E-state index is -3.31. The number of nitrogens with zero attached hydrogens (tertiary/aromatic N) is 1. The van der Waals surface area contributed by atoms with Gasteiger partial charge in [0.05, 0.1) is 21.7 Å². The number of hydrogen-bond donors (Lipinski definition) is 2. The Labute approximate surface area is 127 Å². The van der Waals surface area contributed by atoms with E-state index < -0.39 is 10.0 Å². The Morgan fingerprint density at radius 3 is 2.71 bits per heavy atom. The molecule has 0 fully saturated rings. The zero-order valence-corrected chi connectivity index (χ0v) is 13.6. The second-order valence-corrected chi connectivity index (χ2v) is 7.89. The van der Waals surface area contributed by atoms with E-state index in [1.165, 1.54) is 11.3 Å². The molecule has 0 aliphatic rings. The zero-order chi connectivity index (χ0) is 15.6. The van der Waals surface area contributed by atoms with E-state index in [4.69, 9.17) is 0 Å². The predicted octanol–water partition coefficient (Wildman–Crippen LogP) is 2.65. The zero-order valence-electron chi connectivity index (χ0n) is 12.0. The van der Waals surface area contributed by atoms with Crippen LogP contribution in [0.5, 0.6) is 0 Å². The number of nitrogens with one attached hydrogen (secondary N) is 2. The Balaban J connectivity index is 2.26. The summed E-state index contributed by atoms with van der Waals surface area (Å²) in [6.45, 7) is 5.18. The largest absolute Gasteiger partial charge is 0.302 e. The van der Waals surface area contributed by atoms with Crippen LogP contribution in [0.4, 0.5) is 10.8 Å². The molecule has 1 aromatic heterocycles. The van der Waals surface area contributed by atoms with Crippen LogP contribution in [-0.2, 0) is 14.8 Å². The number of rotatable bonds is 5. The molecule has 0 saturated heterocycles. The van der Waals surface area contributed by atoms with Crippen molar-refractivity contribution in [1.29, 1.82) is 0 Å². The number of fused-ring (bicyclic) bond motifs is 1. The maximum Gasteiger partial charge on any atom is 0.232 e. The van der Waals surface area contributed by atoms with Gasteiger partial charge in [-0.15, -0.1) is 0 Å². The van der Waals surface area contributed by atoms with Crippen molar-refractivity contribution in [2.75, 3.05) is 15.8 Å². The van der Waals surface area contributed by atoms with Gasteiger partial charge in [0.15, 0.2) is 5.13 Å². The molecule has 0 atom stereocenters. The van der Waals surface area contributed by atoms with Gasteiger partial charge in [0.25, 0.3) is 0 Å². The number of anilines is 2. The molecule has 2 aromatic rings. The number of carbonyl (C=O) groups excluding carboxylic acids is 1. The van der Waals surface area contributed by atoms with E-state index in [-0.39, 0.29) is 17.6 Å². The standard InChI is InChI=1S/C13H17N3O3S2/c1-4-21(18,19)16-9-5-6-11-10(7-9)14-13(20-11)15-12(17)8(2)3/h5-8,16H,4H2,1-3H3,(H,14,15,17). The van der Waals surface area contributed by atoms with Crippen LogP contribution >= 0.6 is 11.3 Å². The molecule has 0 spiro atoms. The summed E-state index contributed by atoms with van der Waals surface area (Å²) in [5.41, 5.74) is 1.12. The van der Waals surface area contributed by atoms with Crippen molar-refractivity contribution in [3.8, 4) is 0 Å². The number of carbonyl (C=O) groups is 1. The Kier molecular flexibility index (Phi) is 4.48. The highest BCUT2D eigenvalue weighted by Crippen LogP contribution is 2.28. The molecule has 1 aromatic carbocycles. The van der Waals surface area contributed by atoms with Gasteiger partial charge in [0.2, 0.25) is 15.9 Å². The summed E-state index contributed by atoms with van der Waals surface area (Å²) in [5.74, 6) is -0.206. The fourth-order valence-electron chi connectivity index (χ4n) is 1.55. The molecule has 2 rings (SSSR count). The van der Waals surface area contributed by atoms with Crippen molar-refractivity contribution in [2.24, 2.45) is 5.92 Å². The monoisotopic (exact) mass is 327 g/mol. The average molecular weight is 327 g/mol. The average Bonchev–Trinajstić information content (AvgIpc) is 2.79. The lowest BCUT2D eigenvalue weighted by Gasteiger charge is -2.04. The molecule has 0 aliphatic heterocycles. The minimum absolute atomic E-state index is 0.0117. The molecule has 2 N–H and O–H groups in total. The van der Waals surface area contributed by atoms with Gasteiger partial charge in [-0.25, -0.2) is 13.4 Å². The van der Waals surface area contributed by atoms with Crippen molar-refractivity contribution in [3.63, 3.8) is 0 Å². The third-order valence-electron chi connectivity index (χ3n) is 2.80. The van der Waals surface area contributed by atoms with E-state index >= 15 is 0 Å². The lowest BCUT2D eigenvalue weighted by Crippen LogP contribution is -2.17. The summed E-state index contributed by atoms with van der Waals surface area (Å²) in [5, 5.41) is 3.25. The Bertz CT molecular complexity index is 766. The quantitative estimate of drug-likeness (QED) is 0.883. The molecule has 114 valence electrons. The predicted molar refractivity (Wildman–Crippen MR) is 86.2 cm³/mol. The highest BCUT2D eigenvalue weighted by molar-refractivity contribution is 7.92. The lowest BCUT2D eigenvalue weighted by molar-refractivity contribution is -0.118. The minimum Gasteiger partial charge on any atom is -0.302 e. The third-order valence-corrected chi connectivity index (χ3v) is 5.05. The van der Waals surface area contributed by atoms with Crippen LogP contribution in [-0.4, -0.2) is 25.1 Å². The summed E-state index contributed by atoms with van der Waals surface area (Å²) in [4.78, 5) is 15.9. The SMILES string of the molecule is CCS(=O)(=O)Nc1ccc2sc(NC(=O)C(C)C)nc2c1. The van der Waals surface area contributed by atoms with Crippen molar-refractivity contribution < 1.29 is 13.2 Å². The Morgan fingerprint density at radius 1 is 1.38 bits per heavy atom. The van der Waals surface area contributed by atoms with E-state index in [2.05, 4.69) is 15.0 Å². The topological polar surface area (TPSA) is 88.2 Å². The third kappa shape index (κ3) is 3.92. The second-order valence-electron chi connectivity index (χ2n) is 4.85. The van der Waals surface area contributed by atoms with Gasteiger partial charge in [-0.2, -0.15) is 0 Å². The molecule has 0 bridgehead atoms. The van der Waals surface area contributed by atoms with Crippen molar-refractivity contribution >= 4 is 48.3 Å². The molecule has 1 heterocycles. The smallest absolute Gasteiger partial charge is 0.232 e. The molecular formula is C13H17N3O3S2. The first kappa shape index (κ1) is 15.7. The number of benzene rings is 1. The van der Waals surface area contributed by atoms with Crippen LogP contribution in [0.2, 0.25) is 0 Å². The van der Waals surface area contributed by atoms with E-state index in [0.29, 0.717) is 16.3 Å². The van der Waals surface area contributed by atoms with Gasteiger partial charge >= 0.3 is 0 Å².